The van der Waals surface area contributed by atoms with Crippen molar-refractivity contribution in [3.05, 3.63) is 54.1 Å². The van der Waals surface area contributed by atoms with Crippen LogP contribution in [0.15, 0.2) is 53.4 Å². The molecule has 0 amide bonds. The summed E-state index contributed by atoms with van der Waals surface area (Å²) in [7, 11) is -3.23. The smallest absolute Gasteiger partial charge is 0.429 e. The largest absolute Gasteiger partial charge is 0.446 e. The number of halogens is 3. The van der Waals surface area contributed by atoms with Crippen molar-refractivity contribution in [3.63, 3.8) is 0 Å². The first kappa shape index (κ1) is 20.7. The van der Waals surface area contributed by atoms with E-state index in [9.17, 15) is 17.7 Å². The summed E-state index contributed by atoms with van der Waals surface area (Å²) in [5.74, 6) is 0.459. The van der Waals surface area contributed by atoms with Gasteiger partial charge in [0.15, 0.2) is 0 Å². The predicted octanol–water partition coefficient (Wildman–Crippen LogP) is 6.91. The molecule has 0 saturated carbocycles. The molecule has 8 heteroatoms. The summed E-state index contributed by atoms with van der Waals surface area (Å²) in [6, 6.07) is 12.9. The number of anilines is 1. The third-order valence-electron chi connectivity index (χ3n) is 3.42. The lowest BCUT2D eigenvalue weighted by molar-refractivity contribution is -0.0328. The Morgan fingerprint density at radius 2 is 1.50 bits per heavy atom. The van der Waals surface area contributed by atoms with E-state index in [-0.39, 0.29) is 22.1 Å². The van der Waals surface area contributed by atoms with Gasteiger partial charge in [-0.25, -0.2) is 0 Å². The molecule has 0 fully saturated rings. The maximum Gasteiger partial charge on any atom is 0.446 e. The van der Waals surface area contributed by atoms with Crippen LogP contribution in [0.2, 0.25) is 0 Å². The molecule has 1 atom stereocenters. The van der Waals surface area contributed by atoms with E-state index in [2.05, 4.69) is 25.9 Å². The second-order valence-electron chi connectivity index (χ2n) is 6.90. The fourth-order valence-corrected chi connectivity index (χ4v) is 3.93. The molecule has 0 aliphatic heterocycles. The van der Waals surface area contributed by atoms with Crippen LogP contribution in [-0.4, -0.2) is 12.2 Å². The first-order valence-corrected chi connectivity index (χ1v) is 10.7. The van der Waals surface area contributed by atoms with Crippen molar-refractivity contribution in [2.75, 3.05) is 11.8 Å². The average Bonchev–Trinajstić information content (AvgIpc) is 2.46. The van der Waals surface area contributed by atoms with Crippen LogP contribution in [0.25, 0.3) is 0 Å². The summed E-state index contributed by atoms with van der Waals surface area (Å²) in [5, 5.41) is 2.74. The predicted molar refractivity (Wildman–Crippen MR) is 101 cm³/mol. The lowest BCUT2D eigenvalue weighted by Gasteiger charge is -2.21. The molecule has 2 aromatic carbocycles. The van der Waals surface area contributed by atoms with Crippen molar-refractivity contribution >= 4 is 25.0 Å². The minimum absolute atomic E-state index is 0.00284. The van der Waals surface area contributed by atoms with Crippen molar-refractivity contribution in [2.45, 2.75) is 36.6 Å². The van der Waals surface area contributed by atoms with E-state index in [1.807, 2.05) is 12.1 Å². The highest BCUT2D eigenvalue weighted by molar-refractivity contribution is 8.00. The fourth-order valence-electron chi connectivity index (χ4n) is 2.21. The van der Waals surface area contributed by atoms with Crippen molar-refractivity contribution < 1.29 is 22.3 Å². The molecule has 2 rings (SSSR count). The lowest BCUT2D eigenvalue weighted by Crippen LogP contribution is -2.10. The molecule has 0 aliphatic carbocycles. The summed E-state index contributed by atoms with van der Waals surface area (Å²) in [6.45, 7) is 7.70. The third-order valence-corrected chi connectivity index (χ3v) is 5.38. The lowest BCUT2D eigenvalue weighted by atomic mass is 9.87. The quantitative estimate of drug-likeness (QED) is 0.435. The van der Waals surface area contributed by atoms with Gasteiger partial charge < -0.3 is 9.61 Å². The molecular weight excluding hydrogens is 382 g/mol. The minimum atomic E-state index is -4.34. The van der Waals surface area contributed by atoms with Crippen LogP contribution in [0.4, 0.5) is 18.9 Å². The Morgan fingerprint density at radius 1 is 0.962 bits per heavy atom. The van der Waals surface area contributed by atoms with Crippen molar-refractivity contribution in [1.82, 2.24) is 0 Å². The SMILES string of the molecule is CC(C)(C)c1ccc(O[P@](C)(=O)Nc2ccc(SC(F)(F)F)cc2)cc1. The van der Waals surface area contributed by atoms with Gasteiger partial charge in [-0.15, -0.1) is 0 Å². The van der Waals surface area contributed by atoms with Crippen LogP contribution in [0, 0.1) is 0 Å². The highest BCUT2D eigenvalue weighted by Gasteiger charge is 2.29. The number of alkyl halides is 3. The minimum Gasteiger partial charge on any atom is -0.429 e. The van der Waals surface area contributed by atoms with Gasteiger partial charge >= 0.3 is 13.0 Å². The van der Waals surface area contributed by atoms with Crippen LogP contribution in [-0.2, 0) is 9.98 Å². The molecule has 26 heavy (non-hydrogen) atoms. The van der Waals surface area contributed by atoms with E-state index in [4.69, 9.17) is 4.52 Å². The first-order valence-electron chi connectivity index (χ1n) is 7.86. The molecule has 0 radical (unpaired) electrons. The Balaban J connectivity index is 2.03. The van der Waals surface area contributed by atoms with Gasteiger partial charge in [0.05, 0.1) is 0 Å². The molecule has 0 bridgehead atoms. The summed E-state index contributed by atoms with van der Waals surface area (Å²) in [5.41, 5.74) is -2.78. The van der Waals surface area contributed by atoms with Gasteiger partial charge in [-0.2, -0.15) is 13.2 Å². The maximum atomic E-state index is 12.6. The Kier molecular flexibility index (Phi) is 6.03. The Morgan fingerprint density at radius 3 is 1.96 bits per heavy atom. The van der Waals surface area contributed by atoms with Crippen molar-refractivity contribution in [2.24, 2.45) is 0 Å². The average molecular weight is 403 g/mol. The topological polar surface area (TPSA) is 38.3 Å². The van der Waals surface area contributed by atoms with E-state index < -0.39 is 13.0 Å². The van der Waals surface area contributed by atoms with Crippen molar-refractivity contribution in [3.8, 4) is 5.75 Å². The standard InChI is InChI=1S/C18H21F3NO2PS/c1-17(2,3)13-5-9-15(10-6-13)24-25(4,23)22-14-7-11-16(12-8-14)26-18(19,20)21/h5-12H,1-4H3,(H,22,23)/t25-/m0/s1. The molecule has 0 aromatic heterocycles. The van der Waals surface area contributed by atoms with Gasteiger partial charge in [0.1, 0.15) is 5.75 Å². The van der Waals surface area contributed by atoms with Gasteiger partial charge in [-0.05, 0) is 59.1 Å². The Labute approximate surface area is 155 Å². The third kappa shape index (κ3) is 6.61. The van der Waals surface area contributed by atoms with Crippen LogP contribution in [0.1, 0.15) is 26.3 Å². The molecule has 142 valence electrons. The van der Waals surface area contributed by atoms with Crippen LogP contribution in [0.3, 0.4) is 0 Å². The van der Waals surface area contributed by atoms with Crippen LogP contribution >= 0.6 is 19.3 Å². The Hall–Kier alpha value is -1.59. The number of rotatable bonds is 5. The van der Waals surface area contributed by atoms with Gasteiger partial charge in [-0.3, -0.25) is 4.57 Å². The highest BCUT2D eigenvalue weighted by atomic mass is 32.2. The number of benzene rings is 2. The summed E-state index contributed by atoms with van der Waals surface area (Å²) < 4.78 is 55.2. The number of hydrogen-bond acceptors (Lipinski definition) is 3. The first-order chi connectivity index (χ1) is 11.8. The molecule has 2 aromatic rings. The van der Waals surface area contributed by atoms with Crippen LogP contribution < -0.4 is 9.61 Å². The fraction of sp³-hybridized carbons (Fsp3) is 0.333. The maximum absolute atomic E-state index is 12.6. The summed E-state index contributed by atoms with van der Waals surface area (Å²) in [6.07, 6.45) is 0. The monoisotopic (exact) mass is 403 g/mol. The molecule has 0 heterocycles. The molecule has 0 unspecified atom stereocenters. The molecule has 0 aliphatic rings. The molecular formula is C18H21F3NO2PS. The normalized spacial score (nSPS) is 14.6. The second kappa shape index (κ2) is 7.57. The van der Waals surface area contributed by atoms with Gasteiger partial charge in [0.25, 0.3) is 0 Å². The van der Waals surface area contributed by atoms with E-state index >= 15 is 0 Å². The zero-order chi connectivity index (χ0) is 19.6. The van der Waals surface area contributed by atoms with E-state index in [1.54, 1.807) is 12.1 Å². The summed E-state index contributed by atoms with van der Waals surface area (Å²) >= 11 is -0.195. The van der Waals surface area contributed by atoms with Gasteiger partial charge in [-0.1, -0.05) is 32.9 Å². The zero-order valence-corrected chi connectivity index (χ0v) is 16.6. The molecule has 3 nitrogen and oxygen atoms in total. The second-order valence-corrected chi connectivity index (χ2v) is 10.1. The zero-order valence-electron chi connectivity index (χ0n) is 14.9. The molecule has 1 N–H and O–H groups in total. The number of hydrogen-bond donors (Lipinski definition) is 1. The van der Waals surface area contributed by atoms with Crippen molar-refractivity contribution in [1.29, 1.82) is 0 Å². The molecule has 0 saturated heterocycles. The van der Waals surface area contributed by atoms with Gasteiger partial charge in [0.2, 0.25) is 0 Å². The van der Waals surface area contributed by atoms with E-state index in [1.165, 1.54) is 30.9 Å². The number of nitrogens with one attached hydrogen (secondary N) is 1. The van der Waals surface area contributed by atoms with Crippen LogP contribution in [0.5, 0.6) is 5.75 Å². The highest BCUT2D eigenvalue weighted by Crippen LogP contribution is 2.44. The molecule has 0 spiro atoms. The Bertz CT molecular complexity index is 784. The van der Waals surface area contributed by atoms with Gasteiger partial charge in [0, 0.05) is 17.2 Å². The van der Waals surface area contributed by atoms with E-state index in [0.29, 0.717) is 11.4 Å². The summed E-state index contributed by atoms with van der Waals surface area (Å²) in [4.78, 5) is 0.0627. The number of thioether (sulfide) groups is 1. The van der Waals surface area contributed by atoms with E-state index in [0.717, 1.165) is 5.56 Å².